The van der Waals surface area contributed by atoms with E-state index in [2.05, 4.69) is 10.3 Å². The summed E-state index contributed by atoms with van der Waals surface area (Å²) >= 11 is 0. The summed E-state index contributed by atoms with van der Waals surface area (Å²) in [5.74, 6) is -1.86. The molecule has 2 heterocycles. The zero-order valence-electron chi connectivity index (χ0n) is 16.8. The Labute approximate surface area is 181 Å². The van der Waals surface area contributed by atoms with Crippen LogP contribution >= 0.6 is 0 Å². The van der Waals surface area contributed by atoms with Crippen LogP contribution in [0.2, 0.25) is 0 Å². The molecule has 1 aliphatic rings. The normalized spacial score (nSPS) is 16.0. The van der Waals surface area contributed by atoms with Crippen LogP contribution in [0.5, 0.6) is 0 Å². The molecule has 2 amide bonds. The molecule has 1 saturated heterocycles. The van der Waals surface area contributed by atoms with E-state index in [9.17, 15) is 18.0 Å². The summed E-state index contributed by atoms with van der Waals surface area (Å²) in [5.41, 5.74) is 2.65. The number of rotatable bonds is 3. The van der Waals surface area contributed by atoms with Crippen molar-refractivity contribution in [1.29, 1.82) is 0 Å². The van der Waals surface area contributed by atoms with Crippen LogP contribution < -0.4 is 5.32 Å². The van der Waals surface area contributed by atoms with Crippen molar-refractivity contribution in [2.75, 3.05) is 11.9 Å². The summed E-state index contributed by atoms with van der Waals surface area (Å²) < 4.78 is 46.2. The van der Waals surface area contributed by atoms with E-state index in [1.54, 1.807) is 29.2 Å². The van der Waals surface area contributed by atoms with E-state index in [1.807, 2.05) is 0 Å². The molecule has 0 spiro atoms. The van der Waals surface area contributed by atoms with Crippen molar-refractivity contribution in [3.05, 3.63) is 84.0 Å². The number of benzene rings is 3. The minimum atomic E-state index is -0.922. The maximum atomic E-state index is 13.6. The number of urea groups is 1. The Kier molecular flexibility index (Phi) is 5.05. The van der Waals surface area contributed by atoms with E-state index in [0.717, 1.165) is 18.6 Å². The molecule has 162 valence electrons. The number of nitrogens with zero attached hydrogens (tertiary/aromatic N) is 2. The topological polar surface area (TPSA) is 58.4 Å². The number of likely N-dealkylation sites (tertiary alicyclic amines) is 1. The summed E-state index contributed by atoms with van der Waals surface area (Å²) in [7, 11) is 0. The monoisotopic (exact) mass is 437 g/mol. The predicted molar refractivity (Wildman–Crippen MR) is 113 cm³/mol. The van der Waals surface area contributed by atoms with Crippen LogP contribution in [0, 0.1) is 17.5 Å². The van der Waals surface area contributed by atoms with Crippen molar-refractivity contribution in [3.63, 3.8) is 0 Å². The van der Waals surface area contributed by atoms with Crippen molar-refractivity contribution in [2.24, 2.45) is 0 Å². The minimum absolute atomic E-state index is 0.358. The maximum Gasteiger partial charge on any atom is 0.322 e. The Morgan fingerprint density at radius 3 is 2.62 bits per heavy atom. The molecule has 0 bridgehead atoms. The highest BCUT2D eigenvalue weighted by molar-refractivity contribution is 5.90. The largest absolute Gasteiger partial charge is 0.438 e. The maximum absolute atomic E-state index is 13.6. The summed E-state index contributed by atoms with van der Waals surface area (Å²) in [6.45, 7) is 0.518. The Morgan fingerprint density at radius 1 is 1.00 bits per heavy atom. The number of hydrogen-bond donors (Lipinski definition) is 1. The molecule has 5 nitrogen and oxygen atoms in total. The van der Waals surface area contributed by atoms with Gasteiger partial charge < -0.3 is 14.6 Å². The van der Waals surface area contributed by atoms with Crippen LogP contribution in [0.3, 0.4) is 0 Å². The van der Waals surface area contributed by atoms with E-state index >= 15 is 0 Å². The van der Waals surface area contributed by atoms with Gasteiger partial charge in [-0.1, -0.05) is 18.2 Å². The SMILES string of the molecule is O=C(Nc1cccc(F)c1)N1CCC[C@H]1c1nc2cc(-c3ccc(F)c(F)c3)ccc2o1. The molecule has 1 aromatic heterocycles. The van der Waals surface area contributed by atoms with Crippen LogP contribution in [0.25, 0.3) is 22.2 Å². The highest BCUT2D eigenvalue weighted by atomic mass is 19.2. The van der Waals surface area contributed by atoms with Crippen molar-refractivity contribution < 1.29 is 22.4 Å². The third-order valence-electron chi connectivity index (χ3n) is 5.53. The van der Waals surface area contributed by atoms with Gasteiger partial charge in [0.25, 0.3) is 0 Å². The summed E-state index contributed by atoms with van der Waals surface area (Å²) in [4.78, 5) is 19.0. The summed E-state index contributed by atoms with van der Waals surface area (Å²) in [5, 5.41) is 2.71. The molecule has 0 aliphatic carbocycles. The number of anilines is 1. The fraction of sp³-hybridized carbons (Fsp3) is 0.167. The van der Waals surface area contributed by atoms with Gasteiger partial charge in [0.1, 0.15) is 17.4 Å². The van der Waals surface area contributed by atoms with Crippen LogP contribution in [-0.4, -0.2) is 22.5 Å². The summed E-state index contributed by atoms with van der Waals surface area (Å²) in [6, 6.07) is 13.9. The Balaban J connectivity index is 1.40. The number of hydrogen-bond acceptors (Lipinski definition) is 3. The Bertz CT molecular complexity index is 1320. The average molecular weight is 437 g/mol. The fourth-order valence-electron chi connectivity index (χ4n) is 3.97. The number of carbonyl (C=O) groups excluding carboxylic acids is 1. The smallest absolute Gasteiger partial charge is 0.322 e. The number of fused-ring (bicyclic) bond motifs is 1. The van der Waals surface area contributed by atoms with Gasteiger partial charge in [-0.15, -0.1) is 0 Å². The number of nitrogens with one attached hydrogen (secondary N) is 1. The highest BCUT2D eigenvalue weighted by Gasteiger charge is 2.33. The quantitative estimate of drug-likeness (QED) is 0.410. The number of halogens is 3. The first kappa shape index (κ1) is 20.1. The molecule has 0 unspecified atom stereocenters. The molecule has 8 heteroatoms. The van der Waals surface area contributed by atoms with Crippen molar-refractivity contribution in [3.8, 4) is 11.1 Å². The van der Waals surface area contributed by atoms with Crippen molar-refractivity contribution in [1.82, 2.24) is 9.88 Å². The predicted octanol–water partition coefficient (Wildman–Crippen LogP) is 6.28. The first-order valence-corrected chi connectivity index (χ1v) is 10.2. The first-order chi connectivity index (χ1) is 15.5. The van der Waals surface area contributed by atoms with Gasteiger partial charge in [0.05, 0.1) is 0 Å². The van der Waals surface area contributed by atoms with Crippen molar-refractivity contribution in [2.45, 2.75) is 18.9 Å². The zero-order valence-corrected chi connectivity index (χ0v) is 16.8. The molecule has 1 aliphatic heterocycles. The molecule has 5 rings (SSSR count). The average Bonchev–Trinajstić information content (AvgIpc) is 3.42. The lowest BCUT2D eigenvalue weighted by molar-refractivity contribution is 0.199. The van der Waals surface area contributed by atoms with Crippen molar-refractivity contribution >= 4 is 22.8 Å². The Hall–Kier alpha value is -3.81. The lowest BCUT2D eigenvalue weighted by Gasteiger charge is -2.22. The van der Waals surface area contributed by atoms with E-state index in [-0.39, 0.29) is 12.1 Å². The third kappa shape index (κ3) is 3.79. The van der Waals surface area contributed by atoms with E-state index < -0.39 is 17.5 Å². The van der Waals surface area contributed by atoms with Gasteiger partial charge in [0, 0.05) is 12.2 Å². The molecular formula is C24H18F3N3O2. The molecule has 0 saturated carbocycles. The molecule has 1 N–H and O–H groups in total. The number of carbonyl (C=O) groups is 1. The molecule has 32 heavy (non-hydrogen) atoms. The van der Waals surface area contributed by atoms with Gasteiger partial charge in [-0.25, -0.2) is 22.9 Å². The molecular weight excluding hydrogens is 419 g/mol. The highest BCUT2D eigenvalue weighted by Crippen LogP contribution is 2.35. The third-order valence-corrected chi connectivity index (χ3v) is 5.53. The molecule has 0 radical (unpaired) electrons. The lowest BCUT2D eigenvalue weighted by Crippen LogP contribution is -2.34. The Morgan fingerprint density at radius 2 is 1.81 bits per heavy atom. The fourth-order valence-corrected chi connectivity index (χ4v) is 3.97. The first-order valence-electron chi connectivity index (χ1n) is 10.2. The van der Waals surface area contributed by atoms with Crippen LogP contribution in [0.4, 0.5) is 23.7 Å². The molecule has 1 fully saturated rings. The van der Waals surface area contributed by atoms with Gasteiger partial charge >= 0.3 is 6.03 Å². The number of aromatic nitrogens is 1. The number of oxazole rings is 1. The van der Waals surface area contributed by atoms with E-state index in [1.165, 1.54) is 24.3 Å². The van der Waals surface area contributed by atoms with Gasteiger partial charge in [0.2, 0.25) is 5.89 Å². The van der Waals surface area contributed by atoms with E-state index in [4.69, 9.17) is 4.42 Å². The van der Waals surface area contributed by atoms with Crippen LogP contribution in [-0.2, 0) is 0 Å². The van der Waals surface area contributed by atoms with Crippen LogP contribution in [0.1, 0.15) is 24.8 Å². The summed E-state index contributed by atoms with van der Waals surface area (Å²) in [6.07, 6.45) is 1.46. The second kappa shape index (κ2) is 8.03. The van der Waals surface area contributed by atoms with Gasteiger partial charge in [-0.3, -0.25) is 0 Å². The second-order valence-corrected chi connectivity index (χ2v) is 7.66. The van der Waals surface area contributed by atoms with Crippen LogP contribution in [0.15, 0.2) is 65.1 Å². The number of amides is 2. The van der Waals surface area contributed by atoms with E-state index in [0.29, 0.717) is 46.8 Å². The van der Waals surface area contributed by atoms with Gasteiger partial charge in [0.15, 0.2) is 17.2 Å². The lowest BCUT2D eigenvalue weighted by atomic mass is 10.1. The van der Waals surface area contributed by atoms with Gasteiger partial charge in [-0.2, -0.15) is 0 Å². The van der Waals surface area contributed by atoms with Gasteiger partial charge in [-0.05, 0) is 66.4 Å². The zero-order chi connectivity index (χ0) is 22.2. The minimum Gasteiger partial charge on any atom is -0.438 e. The molecule has 3 aromatic carbocycles. The molecule has 1 atom stereocenters. The molecule has 4 aromatic rings. The second-order valence-electron chi connectivity index (χ2n) is 7.66. The standard InChI is InChI=1S/C24H18F3N3O2/c25-16-3-1-4-17(13-16)28-24(31)30-10-2-5-21(30)23-29-20-12-15(7-9-22(20)32-23)14-6-8-18(26)19(27)11-14/h1,3-4,6-9,11-13,21H,2,5,10H2,(H,28,31)/t21-/m0/s1.